The van der Waals surface area contributed by atoms with Gasteiger partial charge in [0.25, 0.3) is 0 Å². The molecule has 4 rings (SSSR count). The predicted molar refractivity (Wildman–Crippen MR) is 101 cm³/mol. The SMILES string of the molecule is CN(Cc1nc2ccccc2o1)CC(O)(Cn1cncn1)c1ccc(F)cc1F. The summed E-state index contributed by atoms with van der Waals surface area (Å²) in [7, 11) is 1.75. The van der Waals surface area contributed by atoms with E-state index >= 15 is 0 Å². The van der Waals surface area contributed by atoms with Crippen molar-refractivity contribution < 1.29 is 18.3 Å². The molecule has 1 unspecified atom stereocenters. The Morgan fingerprint density at radius 2 is 2.03 bits per heavy atom. The molecule has 2 aromatic carbocycles. The standard InChI is InChI=1S/C20H19F2N5O2/c1-26(9-19-25-17-4-2-3-5-18(17)29-19)10-20(28,11-27-13-23-12-24-27)15-7-6-14(21)8-16(15)22/h2-8,12-13,28H,9-11H2,1H3. The van der Waals surface area contributed by atoms with Crippen LogP contribution in [0.1, 0.15) is 11.5 Å². The molecule has 0 spiro atoms. The van der Waals surface area contributed by atoms with Crippen LogP contribution in [0.3, 0.4) is 0 Å². The van der Waals surface area contributed by atoms with E-state index in [-0.39, 0.29) is 25.2 Å². The number of oxazole rings is 1. The van der Waals surface area contributed by atoms with E-state index in [0.717, 1.165) is 17.6 Å². The van der Waals surface area contributed by atoms with E-state index in [4.69, 9.17) is 4.42 Å². The second-order valence-electron chi connectivity index (χ2n) is 7.00. The Morgan fingerprint density at radius 1 is 1.21 bits per heavy atom. The van der Waals surface area contributed by atoms with Gasteiger partial charge in [0.1, 0.15) is 35.4 Å². The monoisotopic (exact) mass is 399 g/mol. The van der Waals surface area contributed by atoms with Crippen LogP contribution in [-0.4, -0.2) is 43.3 Å². The van der Waals surface area contributed by atoms with Crippen molar-refractivity contribution >= 4 is 11.1 Å². The first-order valence-corrected chi connectivity index (χ1v) is 8.96. The number of hydrogen-bond acceptors (Lipinski definition) is 6. The summed E-state index contributed by atoms with van der Waals surface area (Å²) < 4.78 is 35.0. The quantitative estimate of drug-likeness (QED) is 0.515. The molecule has 2 aromatic heterocycles. The highest BCUT2D eigenvalue weighted by Crippen LogP contribution is 2.28. The third-order valence-electron chi connectivity index (χ3n) is 4.60. The van der Waals surface area contributed by atoms with Gasteiger partial charge in [-0.15, -0.1) is 0 Å². The van der Waals surface area contributed by atoms with E-state index in [0.29, 0.717) is 11.5 Å². The zero-order valence-corrected chi connectivity index (χ0v) is 15.7. The van der Waals surface area contributed by atoms with Crippen LogP contribution in [0.15, 0.2) is 59.5 Å². The predicted octanol–water partition coefficient (Wildman–Crippen LogP) is 2.72. The minimum absolute atomic E-state index is 0.0220. The van der Waals surface area contributed by atoms with Crippen molar-refractivity contribution in [2.75, 3.05) is 13.6 Å². The van der Waals surface area contributed by atoms with Crippen molar-refractivity contribution in [3.05, 3.63) is 78.2 Å². The van der Waals surface area contributed by atoms with Crippen molar-refractivity contribution in [1.29, 1.82) is 0 Å². The topological polar surface area (TPSA) is 80.2 Å². The maximum Gasteiger partial charge on any atom is 0.209 e. The molecule has 0 saturated carbocycles. The summed E-state index contributed by atoms with van der Waals surface area (Å²) in [4.78, 5) is 10.0. The third kappa shape index (κ3) is 4.15. The van der Waals surface area contributed by atoms with Gasteiger partial charge in [-0.05, 0) is 25.2 Å². The molecule has 0 fully saturated rings. The molecule has 7 nitrogen and oxygen atoms in total. The molecule has 9 heteroatoms. The summed E-state index contributed by atoms with van der Waals surface area (Å²) in [5, 5.41) is 15.4. The number of benzene rings is 2. The summed E-state index contributed by atoms with van der Waals surface area (Å²) in [5.74, 6) is -1.08. The molecule has 2 heterocycles. The molecule has 0 amide bonds. The van der Waals surface area contributed by atoms with Crippen LogP contribution in [0.25, 0.3) is 11.1 Å². The van der Waals surface area contributed by atoms with E-state index in [2.05, 4.69) is 15.1 Å². The molecular weight excluding hydrogens is 380 g/mol. The zero-order chi connectivity index (χ0) is 20.4. The van der Waals surface area contributed by atoms with Crippen LogP contribution < -0.4 is 0 Å². The Hall–Kier alpha value is -3.17. The van der Waals surface area contributed by atoms with Gasteiger partial charge in [-0.1, -0.05) is 18.2 Å². The Balaban J connectivity index is 1.60. The molecule has 4 aromatic rings. The number of para-hydroxylation sites is 2. The maximum absolute atomic E-state index is 14.5. The minimum Gasteiger partial charge on any atom is -0.439 e. The summed E-state index contributed by atoms with van der Waals surface area (Å²) in [5.41, 5.74) is -0.317. The van der Waals surface area contributed by atoms with Gasteiger partial charge in [-0.3, -0.25) is 4.90 Å². The smallest absolute Gasteiger partial charge is 0.209 e. The van der Waals surface area contributed by atoms with Crippen LogP contribution in [-0.2, 0) is 18.7 Å². The lowest BCUT2D eigenvalue weighted by molar-refractivity contribution is -0.0187. The number of likely N-dealkylation sites (N-methyl/N-ethyl adjacent to an activating group) is 1. The van der Waals surface area contributed by atoms with Crippen molar-refractivity contribution in [2.45, 2.75) is 18.7 Å². The number of nitrogens with zero attached hydrogens (tertiary/aromatic N) is 5. The van der Waals surface area contributed by atoms with Gasteiger partial charge in [0, 0.05) is 18.2 Å². The highest BCUT2D eigenvalue weighted by Gasteiger charge is 2.35. The normalized spacial score (nSPS) is 13.8. The van der Waals surface area contributed by atoms with E-state index < -0.39 is 17.2 Å². The molecule has 0 aliphatic rings. The molecular formula is C20H19F2N5O2. The lowest BCUT2D eigenvalue weighted by Gasteiger charge is -2.32. The van der Waals surface area contributed by atoms with Crippen LogP contribution in [0.4, 0.5) is 8.78 Å². The Kier molecular flexibility index (Phi) is 5.08. The van der Waals surface area contributed by atoms with Gasteiger partial charge in [-0.2, -0.15) is 5.10 Å². The fourth-order valence-electron chi connectivity index (χ4n) is 3.39. The molecule has 1 atom stereocenters. The number of hydrogen-bond donors (Lipinski definition) is 1. The summed E-state index contributed by atoms with van der Waals surface area (Å²) in [6, 6.07) is 10.5. The lowest BCUT2D eigenvalue weighted by atomic mass is 9.92. The summed E-state index contributed by atoms with van der Waals surface area (Å²) >= 11 is 0. The molecule has 150 valence electrons. The maximum atomic E-state index is 14.5. The van der Waals surface area contributed by atoms with E-state index in [9.17, 15) is 13.9 Å². The van der Waals surface area contributed by atoms with Crippen molar-refractivity contribution in [3.63, 3.8) is 0 Å². The first-order chi connectivity index (χ1) is 13.9. The molecule has 0 saturated heterocycles. The number of aliphatic hydroxyl groups is 1. The van der Waals surface area contributed by atoms with Gasteiger partial charge in [0.05, 0.1) is 13.1 Å². The zero-order valence-electron chi connectivity index (χ0n) is 15.7. The number of rotatable bonds is 7. The summed E-state index contributed by atoms with van der Waals surface area (Å²) in [6.45, 7) is 0.249. The van der Waals surface area contributed by atoms with Crippen LogP contribution in [0.5, 0.6) is 0 Å². The molecule has 0 radical (unpaired) electrons. The number of aromatic nitrogens is 4. The van der Waals surface area contributed by atoms with Gasteiger partial charge in [-0.25, -0.2) is 23.4 Å². The minimum atomic E-state index is -1.69. The number of halogens is 2. The first-order valence-electron chi connectivity index (χ1n) is 8.96. The van der Waals surface area contributed by atoms with Crippen LogP contribution in [0, 0.1) is 11.6 Å². The fraction of sp³-hybridized carbons (Fsp3) is 0.250. The molecule has 0 bridgehead atoms. The first kappa shape index (κ1) is 19.2. The second kappa shape index (κ2) is 7.69. The van der Waals surface area contributed by atoms with E-state index in [1.54, 1.807) is 11.9 Å². The van der Waals surface area contributed by atoms with Crippen molar-refractivity contribution in [1.82, 2.24) is 24.6 Å². The average Bonchev–Trinajstić information content (AvgIpc) is 3.29. The van der Waals surface area contributed by atoms with E-state index in [1.807, 2.05) is 24.3 Å². The molecule has 1 N–H and O–H groups in total. The molecule has 0 aliphatic carbocycles. The highest BCUT2D eigenvalue weighted by atomic mass is 19.1. The van der Waals surface area contributed by atoms with Crippen LogP contribution in [0.2, 0.25) is 0 Å². The van der Waals surface area contributed by atoms with Gasteiger partial charge in [0.15, 0.2) is 5.58 Å². The van der Waals surface area contributed by atoms with Gasteiger partial charge < -0.3 is 9.52 Å². The van der Waals surface area contributed by atoms with Crippen molar-refractivity contribution in [2.24, 2.45) is 0 Å². The second-order valence-corrected chi connectivity index (χ2v) is 7.00. The van der Waals surface area contributed by atoms with Crippen LogP contribution >= 0.6 is 0 Å². The largest absolute Gasteiger partial charge is 0.439 e. The Bertz CT molecular complexity index is 1080. The molecule has 0 aliphatic heterocycles. The lowest BCUT2D eigenvalue weighted by Crippen LogP contribution is -2.43. The van der Waals surface area contributed by atoms with Crippen molar-refractivity contribution in [3.8, 4) is 0 Å². The van der Waals surface area contributed by atoms with Gasteiger partial charge >= 0.3 is 0 Å². The van der Waals surface area contributed by atoms with E-state index in [1.165, 1.54) is 23.4 Å². The Morgan fingerprint density at radius 3 is 2.76 bits per heavy atom. The Labute approximate surface area is 165 Å². The van der Waals surface area contributed by atoms with Gasteiger partial charge in [0.2, 0.25) is 5.89 Å². The fourth-order valence-corrected chi connectivity index (χ4v) is 3.39. The highest BCUT2D eigenvalue weighted by molar-refractivity contribution is 5.72. The molecule has 29 heavy (non-hydrogen) atoms. The summed E-state index contributed by atoms with van der Waals surface area (Å²) in [6.07, 6.45) is 2.75. The number of fused-ring (bicyclic) bond motifs is 1. The average molecular weight is 399 g/mol. The third-order valence-corrected chi connectivity index (χ3v) is 4.60.